The average Bonchev–Trinajstić information content (AvgIpc) is 2.13. The topological polar surface area (TPSA) is 55.1 Å². The van der Waals surface area contributed by atoms with E-state index in [4.69, 9.17) is 5.73 Å². The summed E-state index contributed by atoms with van der Waals surface area (Å²) in [6, 6.07) is 0.172. The molecule has 1 aromatic carbocycles. The van der Waals surface area contributed by atoms with Gasteiger partial charge in [-0.3, -0.25) is 4.79 Å². The van der Waals surface area contributed by atoms with Crippen molar-refractivity contribution in [1.82, 2.24) is 0 Å². The SMILES string of the molecule is C[C@@H](N)C(=O)Nc1cc(F)cc(F)c1F. The number of carbonyl (C=O) groups is 1. The van der Waals surface area contributed by atoms with E-state index in [0.29, 0.717) is 12.1 Å². The maximum Gasteiger partial charge on any atom is 0.241 e. The normalized spacial score (nSPS) is 12.3. The van der Waals surface area contributed by atoms with Crippen LogP contribution < -0.4 is 11.1 Å². The Morgan fingerprint density at radius 1 is 1.40 bits per heavy atom. The summed E-state index contributed by atoms with van der Waals surface area (Å²) in [4.78, 5) is 11.0. The quantitative estimate of drug-likeness (QED) is 0.737. The zero-order valence-corrected chi connectivity index (χ0v) is 7.85. The number of anilines is 1. The molecule has 82 valence electrons. The molecule has 0 aliphatic rings. The fourth-order valence-electron chi connectivity index (χ4n) is 0.894. The van der Waals surface area contributed by atoms with Gasteiger partial charge in [-0.25, -0.2) is 13.2 Å². The lowest BCUT2D eigenvalue weighted by molar-refractivity contribution is -0.117. The van der Waals surface area contributed by atoms with Gasteiger partial charge >= 0.3 is 0 Å². The van der Waals surface area contributed by atoms with Gasteiger partial charge in [-0.15, -0.1) is 0 Å². The first-order chi connectivity index (χ1) is 6.91. The third-order valence-electron chi connectivity index (χ3n) is 1.66. The molecule has 6 heteroatoms. The van der Waals surface area contributed by atoms with Crippen molar-refractivity contribution in [1.29, 1.82) is 0 Å². The monoisotopic (exact) mass is 218 g/mol. The molecule has 1 rings (SSSR count). The predicted molar refractivity (Wildman–Crippen MR) is 48.6 cm³/mol. The van der Waals surface area contributed by atoms with Gasteiger partial charge in [0, 0.05) is 12.1 Å². The first kappa shape index (κ1) is 11.5. The van der Waals surface area contributed by atoms with E-state index in [9.17, 15) is 18.0 Å². The molecular weight excluding hydrogens is 209 g/mol. The van der Waals surface area contributed by atoms with Crippen LogP contribution in [0.5, 0.6) is 0 Å². The van der Waals surface area contributed by atoms with Crippen LogP contribution in [-0.4, -0.2) is 11.9 Å². The number of amides is 1. The Morgan fingerprint density at radius 2 is 2.00 bits per heavy atom. The molecule has 3 N–H and O–H groups in total. The molecule has 0 saturated heterocycles. The number of nitrogens with one attached hydrogen (secondary N) is 1. The Balaban J connectivity index is 2.99. The highest BCUT2D eigenvalue weighted by Gasteiger charge is 2.15. The second kappa shape index (κ2) is 4.31. The molecule has 1 atom stereocenters. The number of benzene rings is 1. The van der Waals surface area contributed by atoms with E-state index in [0.717, 1.165) is 0 Å². The molecule has 3 nitrogen and oxygen atoms in total. The number of nitrogens with two attached hydrogens (primary N) is 1. The smallest absolute Gasteiger partial charge is 0.241 e. The highest BCUT2D eigenvalue weighted by molar-refractivity contribution is 5.94. The van der Waals surface area contributed by atoms with Crippen molar-refractivity contribution in [2.24, 2.45) is 5.73 Å². The fraction of sp³-hybridized carbons (Fsp3) is 0.222. The van der Waals surface area contributed by atoms with Crippen LogP contribution in [0.4, 0.5) is 18.9 Å². The lowest BCUT2D eigenvalue weighted by Crippen LogP contribution is -2.32. The number of carbonyl (C=O) groups excluding carboxylic acids is 1. The lowest BCUT2D eigenvalue weighted by atomic mass is 10.2. The van der Waals surface area contributed by atoms with Gasteiger partial charge < -0.3 is 11.1 Å². The largest absolute Gasteiger partial charge is 0.322 e. The highest BCUT2D eigenvalue weighted by Crippen LogP contribution is 2.19. The van der Waals surface area contributed by atoms with Crippen molar-refractivity contribution in [2.75, 3.05) is 5.32 Å². The molecule has 1 aromatic rings. The summed E-state index contributed by atoms with van der Waals surface area (Å²) in [5.41, 5.74) is 4.63. The van der Waals surface area contributed by atoms with Crippen molar-refractivity contribution in [3.63, 3.8) is 0 Å². The maximum absolute atomic E-state index is 13.0. The second-order valence-corrected chi connectivity index (χ2v) is 3.03. The first-order valence-corrected chi connectivity index (χ1v) is 4.13. The van der Waals surface area contributed by atoms with Crippen molar-refractivity contribution in [3.8, 4) is 0 Å². The highest BCUT2D eigenvalue weighted by atomic mass is 19.2. The summed E-state index contributed by atoms with van der Waals surface area (Å²) in [6.07, 6.45) is 0. The summed E-state index contributed by atoms with van der Waals surface area (Å²) in [5.74, 6) is -4.38. The number of hydrogen-bond donors (Lipinski definition) is 2. The molecule has 15 heavy (non-hydrogen) atoms. The molecule has 0 aliphatic carbocycles. The molecule has 0 bridgehead atoms. The molecule has 0 unspecified atom stereocenters. The summed E-state index contributed by atoms with van der Waals surface area (Å²) in [5, 5.41) is 1.97. The average molecular weight is 218 g/mol. The summed E-state index contributed by atoms with van der Waals surface area (Å²) in [7, 11) is 0. The van der Waals surface area contributed by atoms with Crippen molar-refractivity contribution in [2.45, 2.75) is 13.0 Å². The molecule has 0 aromatic heterocycles. The number of hydrogen-bond acceptors (Lipinski definition) is 2. The molecule has 0 radical (unpaired) electrons. The third-order valence-corrected chi connectivity index (χ3v) is 1.66. The van der Waals surface area contributed by atoms with Gasteiger partial charge in [-0.1, -0.05) is 0 Å². The van der Waals surface area contributed by atoms with Gasteiger partial charge in [0.1, 0.15) is 5.82 Å². The van der Waals surface area contributed by atoms with E-state index >= 15 is 0 Å². The van der Waals surface area contributed by atoms with Crippen LogP contribution in [0.1, 0.15) is 6.92 Å². The van der Waals surface area contributed by atoms with E-state index in [1.165, 1.54) is 6.92 Å². The standard InChI is InChI=1S/C9H9F3N2O/c1-4(13)9(15)14-7-3-5(10)2-6(11)8(7)12/h2-4H,13H2,1H3,(H,14,15)/t4-/m1/s1. The minimum Gasteiger partial charge on any atom is -0.322 e. The van der Waals surface area contributed by atoms with Gasteiger partial charge in [0.2, 0.25) is 5.91 Å². The van der Waals surface area contributed by atoms with Crippen LogP contribution in [0, 0.1) is 17.5 Å². The molecule has 0 saturated carbocycles. The third kappa shape index (κ3) is 2.69. The number of halogens is 3. The van der Waals surface area contributed by atoms with Crippen LogP contribution >= 0.6 is 0 Å². The van der Waals surface area contributed by atoms with Crippen LogP contribution in [-0.2, 0) is 4.79 Å². The Kier molecular flexibility index (Phi) is 3.31. The Morgan fingerprint density at radius 3 is 2.53 bits per heavy atom. The second-order valence-electron chi connectivity index (χ2n) is 3.03. The van der Waals surface area contributed by atoms with Crippen molar-refractivity contribution >= 4 is 11.6 Å². The molecule has 0 aliphatic heterocycles. The van der Waals surface area contributed by atoms with Gasteiger partial charge in [-0.2, -0.15) is 0 Å². The Labute approximate surface area is 84.1 Å². The van der Waals surface area contributed by atoms with Crippen LogP contribution in [0.25, 0.3) is 0 Å². The maximum atomic E-state index is 13.0. The van der Waals surface area contributed by atoms with Gasteiger partial charge in [0.25, 0.3) is 0 Å². The minimum absolute atomic E-state index is 0.386. The molecule has 0 heterocycles. The van der Waals surface area contributed by atoms with Gasteiger partial charge in [0.15, 0.2) is 11.6 Å². The molecular formula is C9H9F3N2O. The zero-order valence-electron chi connectivity index (χ0n) is 7.85. The molecule has 1 amide bonds. The van der Waals surface area contributed by atoms with E-state index in [2.05, 4.69) is 0 Å². The zero-order chi connectivity index (χ0) is 11.6. The van der Waals surface area contributed by atoms with Crippen molar-refractivity contribution in [3.05, 3.63) is 29.6 Å². The van der Waals surface area contributed by atoms with E-state index in [-0.39, 0.29) is 0 Å². The van der Waals surface area contributed by atoms with Crippen LogP contribution in [0.15, 0.2) is 12.1 Å². The molecule has 0 spiro atoms. The number of rotatable bonds is 2. The minimum atomic E-state index is -1.37. The summed E-state index contributed by atoms with van der Waals surface area (Å²) < 4.78 is 38.4. The van der Waals surface area contributed by atoms with Crippen molar-refractivity contribution < 1.29 is 18.0 Å². The Bertz CT molecular complexity index is 393. The Hall–Kier alpha value is -1.56. The van der Waals surface area contributed by atoms with Crippen LogP contribution in [0.3, 0.4) is 0 Å². The van der Waals surface area contributed by atoms with Gasteiger partial charge in [-0.05, 0) is 6.92 Å². The first-order valence-electron chi connectivity index (χ1n) is 4.13. The van der Waals surface area contributed by atoms with E-state index in [1.807, 2.05) is 5.32 Å². The van der Waals surface area contributed by atoms with Gasteiger partial charge in [0.05, 0.1) is 11.7 Å². The van der Waals surface area contributed by atoms with E-state index < -0.39 is 35.1 Å². The molecule has 0 fully saturated rings. The lowest BCUT2D eigenvalue weighted by Gasteiger charge is -2.08. The predicted octanol–water partition coefficient (Wildman–Crippen LogP) is 1.39. The van der Waals surface area contributed by atoms with E-state index in [1.54, 1.807) is 0 Å². The fourth-order valence-corrected chi connectivity index (χ4v) is 0.894. The summed E-state index contributed by atoms with van der Waals surface area (Å²) in [6.45, 7) is 1.36. The summed E-state index contributed by atoms with van der Waals surface area (Å²) >= 11 is 0. The van der Waals surface area contributed by atoms with Crippen LogP contribution in [0.2, 0.25) is 0 Å².